The topological polar surface area (TPSA) is 46.1 Å². The Hall–Kier alpha value is -3.08. The lowest BCUT2D eigenvalue weighted by molar-refractivity contribution is 0.0706. The molecule has 2 heterocycles. The fraction of sp³-hybridized carbons (Fsp3) is 0.261. The average Bonchev–Trinajstić information content (AvgIpc) is 2.74. The standard InChI is InChI=1S/C23H22FN3O/c1-16-4-2-5-18(14-16)22-25-12-11-21(26-22)19-6-3-13-27(15-19)23(28)17-7-9-20(24)10-8-17/h2,4-5,7-12,14,19H,3,6,13,15H2,1H3/t19-/m0/s1. The fourth-order valence-corrected chi connectivity index (χ4v) is 3.70. The van der Waals surface area contributed by atoms with Crippen LogP contribution in [0.4, 0.5) is 4.39 Å². The van der Waals surface area contributed by atoms with Crippen molar-refractivity contribution in [3.63, 3.8) is 0 Å². The lowest BCUT2D eigenvalue weighted by atomic mass is 9.94. The Labute approximate surface area is 164 Å². The predicted octanol–water partition coefficient (Wildman–Crippen LogP) is 4.61. The van der Waals surface area contributed by atoms with Gasteiger partial charge in [-0.05, 0) is 56.2 Å². The Balaban J connectivity index is 1.54. The highest BCUT2D eigenvalue weighted by atomic mass is 19.1. The van der Waals surface area contributed by atoms with E-state index in [-0.39, 0.29) is 17.6 Å². The summed E-state index contributed by atoms with van der Waals surface area (Å²) in [4.78, 5) is 23.8. The van der Waals surface area contributed by atoms with E-state index in [1.54, 1.807) is 18.3 Å². The van der Waals surface area contributed by atoms with Gasteiger partial charge in [-0.1, -0.05) is 23.8 Å². The molecule has 0 aliphatic carbocycles. The summed E-state index contributed by atoms with van der Waals surface area (Å²) < 4.78 is 13.1. The molecule has 1 aliphatic heterocycles. The Morgan fingerprint density at radius 3 is 2.75 bits per heavy atom. The fourth-order valence-electron chi connectivity index (χ4n) is 3.70. The number of hydrogen-bond donors (Lipinski definition) is 0. The van der Waals surface area contributed by atoms with Gasteiger partial charge in [0.1, 0.15) is 5.82 Å². The summed E-state index contributed by atoms with van der Waals surface area (Å²) in [5, 5.41) is 0. The maximum atomic E-state index is 13.1. The summed E-state index contributed by atoms with van der Waals surface area (Å²) in [5.74, 6) is 0.489. The van der Waals surface area contributed by atoms with Crippen LogP contribution < -0.4 is 0 Å². The number of hydrogen-bond acceptors (Lipinski definition) is 3. The Kier molecular flexibility index (Phi) is 5.15. The van der Waals surface area contributed by atoms with Gasteiger partial charge in [0.05, 0.1) is 0 Å². The van der Waals surface area contributed by atoms with Crippen LogP contribution in [0.1, 0.15) is 40.4 Å². The number of benzene rings is 2. The van der Waals surface area contributed by atoms with Crippen LogP contribution in [0, 0.1) is 12.7 Å². The van der Waals surface area contributed by atoms with Crippen LogP contribution >= 0.6 is 0 Å². The molecule has 0 unspecified atom stereocenters. The van der Waals surface area contributed by atoms with Gasteiger partial charge in [-0.2, -0.15) is 0 Å². The molecule has 142 valence electrons. The largest absolute Gasteiger partial charge is 0.338 e. The van der Waals surface area contributed by atoms with Gasteiger partial charge in [-0.25, -0.2) is 14.4 Å². The number of aromatic nitrogens is 2. The summed E-state index contributed by atoms with van der Waals surface area (Å²) in [6.07, 6.45) is 3.69. The molecule has 28 heavy (non-hydrogen) atoms. The molecular formula is C23H22FN3O. The van der Waals surface area contributed by atoms with Gasteiger partial charge in [-0.15, -0.1) is 0 Å². The third kappa shape index (κ3) is 3.93. The smallest absolute Gasteiger partial charge is 0.253 e. The number of aryl methyl sites for hydroxylation is 1. The molecule has 0 bridgehead atoms. The first-order valence-corrected chi connectivity index (χ1v) is 9.55. The van der Waals surface area contributed by atoms with Crippen molar-refractivity contribution in [3.8, 4) is 11.4 Å². The van der Waals surface area contributed by atoms with Crippen molar-refractivity contribution < 1.29 is 9.18 Å². The summed E-state index contributed by atoms with van der Waals surface area (Å²) in [7, 11) is 0. The predicted molar refractivity (Wildman–Crippen MR) is 106 cm³/mol. The maximum Gasteiger partial charge on any atom is 0.253 e. The van der Waals surface area contributed by atoms with Crippen LogP contribution in [0.3, 0.4) is 0 Å². The molecule has 1 atom stereocenters. The van der Waals surface area contributed by atoms with Crippen LogP contribution in [0.15, 0.2) is 60.8 Å². The van der Waals surface area contributed by atoms with Crippen LogP contribution in [0.5, 0.6) is 0 Å². The minimum absolute atomic E-state index is 0.0577. The normalized spacial score (nSPS) is 16.8. The van der Waals surface area contributed by atoms with E-state index >= 15 is 0 Å². The third-order valence-corrected chi connectivity index (χ3v) is 5.17. The van der Waals surface area contributed by atoms with Crippen molar-refractivity contribution in [2.24, 2.45) is 0 Å². The molecule has 0 N–H and O–H groups in total. The van der Waals surface area contributed by atoms with Crippen LogP contribution in [-0.2, 0) is 0 Å². The van der Waals surface area contributed by atoms with Crippen molar-refractivity contribution in [2.45, 2.75) is 25.7 Å². The number of rotatable bonds is 3. The third-order valence-electron chi connectivity index (χ3n) is 5.17. The van der Waals surface area contributed by atoms with E-state index in [1.807, 2.05) is 36.1 Å². The van der Waals surface area contributed by atoms with Crippen molar-refractivity contribution in [2.75, 3.05) is 13.1 Å². The monoisotopic (exact) mass is 375 g/mol. The summed E-state index contributed by atoms with van der Waals surface area (Å²) in [5.41, 5.74) is 3.64. The number of nitrogens with zero attached hydrogens (tertiary/aromatic N) is 3. The molecule has 1 aliphatic rings. The molecule has 3 aromatic rings. The van der Waals surface area contributed by atoms with Gasteiger partial charge >= 0.3 is 0 Å². The molecule has 0 spiro atoms. The highest BCUT2D eigenvalue weighted by Crippen LogP contribution is 2.28. The molecule has 4 nitrogen and oxygen atoms in total. The zero-order valence-electron chi connectivity index (χ0n) is 15.8. The summed E-state index contributed by atoms with van der Waals surface area (Å²) in [6, 6.07) is 15.8. The lowest BCUT2D eigenvalue weighted by Crippen LogP contribution is -2.39. The first-order valence-electron chi connectivity index (χ1n) is 9.55. The van der Waals surface area contributed by atoms with Gasteiger partial charge in [0, 0.05) is 42.0 Å². The number of amides is 1. The Bertz CT molecular complexity index is 987. The molecule has 0 saturated carbocycles. The molecule has 5 heteroatoms. The number of carbonyl (C=O) groups is 1. The number of carbonyl (C=O) groups excluding carboxylic acids is 1. The van der Waals surface area contributed by atoms with Crippen molar-refractivity contribution in [3.05, 3.63) is 83.4 Å². The molecule has 1 aromatic heterocycles. The highest BCUT2D eigenvalue weighted by Gasteiger charge is 2.26. The van der Waals surface area contributed by atoms with Gasteiger partial charge in [0.15, 0.2) is 5.82 Å². The Morgan fingerprint density at radius 2 is 1.96 bits per heavy atom. The van der Waals surface area contributed by atoms with Gasteiger partial charge in [0.2, 0.25) is 0 Å². The second kappa shape index (κ2) is 7.89. The van der Waals surface area contributed by atoms with E-state index in [0.717, 1.165) is 24.1 Å². The SMILES string of the molecule is Cc1cccc(-c2nccc([C@H]3CCCN(C(=O)c4ccc(F)cc4)C3)n2)c1. The molecule has 1 amide bonds. The molecular weight excluding hydrogens is 353 g/mol. The lowest BCUT2D eigenvalue weighted by Gasteiger charge is -2.32. The molecule has 0 radical (unpaired) electrons. The first kappa shape index (κ1) is 18.3. The van der Waals surface area contributed by atoms with Gasteiger partial charge in [0.25, 0.3) is 5.91 Å². The summed E-state index contributed by atoms with van der Waals surface area (Å²) >= 11 is 0. The molecule has 2 aromatic carbocycles. The van der Waals surface area contributed by atoms with Crippen molar-refractivity contribution in [1.82, 2.24) is 14.9 Å². The van der Waals surface area contributed by atoms with Gasteiger partial charge < -0.3 is 4.90 Å². The minimum Gasteiger partial charge on any atom is -0.338 e. The molecule has 1 saturated heterocycles. The van der Waals surface area contributed by atoms with Crippen molar-refractivity contribution in [1.29, 1.82) is 0 Å². The van der Waals surface area contributed by atoms with Crippen molar-refractivity contribution >= 4 is 5.91 Å². The van der Waals surface area contributed by atoms with E-state index in [4.69, 9.17) is 4.98 Å². The molecule has 1 fully saturated rings. The van der Waals surface area contributed by atoms with Gasteiger partial charge in [-0.3, -0.25) is 4.79 Å². The second-order valence-electron chi connectivity index (χ2n) is 7.27. The van der Waals surface area contributed by atoms with E-state index < -0.39 is 0 Å². The first-order chi connectivity index (χ1) is 13.6. The second-order valence-corrected chi connectivity index (χ2v) is 7.27. The van der Waals surface area contributed by atoms with E-state index in [9.17, 15) is 9.18 Å². The summed E-state index contributed by atoms with van der Waals surface area (Å²) in [6.45, 7) is 3.37. The maximum absolute atomic E-state index is 13.1. The van der Waals surface area contributed by atoms with Crippen LogP contribution in [0.25, 0.3) is 11.4 Å². The van der Waals surface area contributed by atoms with Crippen LogP contribution in [-0.4, -0.2) is 33.9 Å². The van der Waals surface area contributed by atoms with E-state index in [0.29, 0.717) is 24.5 Å². The minimum atomic E-state index is -0.335. The van der Waals surface area contributed by atoms with E-state index in [1.165, 1.54) is 17.7 Å². The van der Waals surface area contributed by atoms with Crippen LogP contribution in [0.2, 0.25) is 0 Å². The zero-order chi connectivity index (χ0) is 19.5. The highest BCUT2D eigenvalue weighted by molar-refractivity contribution is 5.94. The molecule has 4 rings (SSSR count). The number of piperidine rings is 1. The van der Waals surface area contributed by atoms with E-state index in [2.05, 4.69) is 11.1 Å². The number of halogens is 1. The zero-order valence-corrected chi connectivity index (χ0v) is 15.8. The number of likely N-dealkylation sites (tertiary alicyclic amines) is 1. The Morgan fingerprint density at radius 1 is 1.14 bits per heavy atom. The average molecular weight is 375 g/mol. The quantitative estimate of drug-likeness (QED) is 0.671.